The van der Waals surface area contributed by atoms with E-state index >= 15 is 0 Å². The highest BCUT2D eigenvalue weighted by atomic mass is 16.4. The lowest BCUT2D eigenvalue weighted by atomic mass is 9.97. The molecule has 5 rings (SSSR count). The van der Waals surface area contributed by atoms with Crippen molar-refractivity contribution < 1.29 is 68.1 Å². The fourth-order valence-electron chi connectivity index (χ4n) is 9.69. The zero-order valence-electron chi connectivity index (χ0n) is 49.2. The molecule has 0 radical (unpaired) electrons. The van der Waals surface area contributed by atoms with Gasteiger partial charge in [0.05, 0.1) is 31.6 Å². The number of guanidine groups is 1. The second kappa shape index (κ2) is 34.0. The van der Waals surface area contributed by atoms with Crippen LogP contribution in [0.25, 0.3) is 10.9 Å². The summed E-state index contributed by atoms with van der Waals surface area (Å²) < 4.78 is 0. The van der Waals surface area contributed by atoms with Gasteiger partial charge in [0.2, 0.25) is 59.1 Å². The van der Waals surface area contributed by atoms with Crippen LogP contribution in [0.4, 0.5) is 0 Å². The van der Waals surface area contributed by atoms with E-state index in [2.05, 4.69) is 62.5 Å². The summed E-state index contributed by atoms with van der Waals surface area (Å²) in [4.78, 5) is 164. The monoisotopic (exact) mass is 1230 g/mol. The molecule has 2 aromatic heterocycles. The molecule has 1 aliphatic heterocycles. The van der Waals surface area contributed by atoms with Crippen LogP contribution >= 0.6 is 0 Å². The first-order chi connectivity index (χ1) is 41.9. The molecule has 31 nitrogen and oxygen atoms in total. The number of primary amides is 1. The molecule has 1 saturated heterocycles. The van der Waals surface area contributed by atoms with Gasteiger partial charge in [-0.15, -0.1) is 0 Å². The minimum atomic E-state index is -1.71. The number of carboxylic acid groups (broad SMARTS) is 1. The van der Waals surface area contributed by atoms with E-state index in [1.807, 2.05) is 0 Å². The number of fused-ring (bicyclic) bond motifs is 1. The normalized spacial score (nSPS) is 16.3. The van der Waals surface area contributed by atoms with Crippen molar-refractivity contribution >= 4 is 81.9 Å². The molecular weight excluding hydrogens is 1150 g/mol. The maximum atomic E-state index is 14.6. The summed E-state index contributed by atoms with van der Waals surface area (Å²) in [5.41, 5.74) is 24.4. The highest BCUT2D eigenvalue weighted by Crippen LogP contribution is 2.23. The number of para-hydroxylation sites is 1. The molecule has 0 aliphatic carbocycles. The average molecular weight is 1230 g/mol. The summed E-state index contributed by atoms with van der Waals surface area (Å²) in [5, 5.41) is 51.9. The third kappa shape index (κ3) is 20.9. The van der Waals surface area contributed by atoms with E-state index in [-0.39, 0.29) is 70.4 Å². The highest BCUT2D eigenvalue weighted by molar-refractivity contribution is 5.99. The highest BCUT2D eigenvalue weighted by Gasteiger charge is 2.41. The third-order valence-corrected chi connectivity index (χ3v) is 14.8. The van der Waals surface area contributed by atoms with Crippen molar-refractivity contribution in [2.45, 2.75) is 145 Å². The Kier molecular flexibility index (Phi) is 26.8. The molecule has 10 amide bonds. The number of aliphatic imine (C=N–C) groups is 1. The number of aromatic amines is 2. The number of likely N-dealkylation sites (tertiary alicyclic amines) is 1. The number of carbonyl (C=O) groups is 11. The second-order valence-corrected chi connectivity index (χ2v) is 21.5. The van der Waals surface area contributed by atoms with E-state index in [4.69, 9.17) is 22.9 Å². The predicted molar refractivity (Wildman–Crippen MR) is 318 cm³/mol. The first kappa shape index (κ1) is 69.3. The number of aromatic nitrogens is 3. The van der Waals surface area contributed by atoms with Crippen LogP contribution in [0.5, 0.6) is 0 Å². The molecule has 21 N–H and O–H groups in total. The molecular formula is C57H81N17O14. The summed E-state index contributed by atoms with van der Waals surface area (Å²) in [7, 11) is 0. The van der Waals surface area contributed by atoms with Crippen molar-refractivity contribution in [2.75, 3.05) is 26.2 Å². The van der Waals surface area contributed by atoms with Gasteiger partial charge in [0, 0.05) is 67.8 Å². The lowest BCUT2D eigenvalue weighted by molar-refractivity contribution is -0.143. The molecule has 4 aromatic rings. The van der Waals surface area contributed by atoms with Crippen molar-refractivity contribution in [3.8, 4) is 0 Å². The molecule has 88 heavy (non-hydrogen) atoms. The molecule has 1 fully saturated rings. The van der Waals surface area contributed by atoms with Crippen LogP contribution in [-0.2, 0) is 72.0 Å². The van der Waals surface area contributed by atoms with E-state index < -0.39 is 145 Å². The van der Waals surface area contributed by atoms with Gasteiger partial charge in [-0.05, 0) is 62.1 Å². The number of hydrogen-bond acceptors (Lipinski definition) is 16. The quantitative estimate of drug-likeness (QED) is 0.0117. The Bertz CT molecular complexity index is 3080. The van der Waals surface area contributed by atoms with Gasteiger partial charge in [0.25, 0.3) is 0 Å². The Balaban J connectivity index is 1.29. The fraction of sp³-hybridized carbons (Fsp3) is 0.491. The van der Waals surface area contributed by atoms with E-state index in [1.165, 1.54) is 24.3 Å². The number of carboxylic acids is 1. The zero-order valence-corrected chi connectivity index (χ0v) is 49.2. The number of rotatable bonds is 35. The lowest BCUT2D eigenvalue weighted by Crippen LogP contribution is -2.61. The van der Waals surface area contributed by atoms with Gasteiger partial charge in [0.15, 0.2) is 5.96 Å². The number of aliphatic hydroxyl groups excluding tert-OH is 2. The largest absolute Gasteiger partial charge is 0.480 e. The molecule has 2 aromatic carbocycles. The number of nitrogens with zero attached hydrogens (tertiary/aromatic N) is 3. The van der Waals surface area contributed by atoms with Gasteiger partial charge in [0.1, 0.15) is 48.3 Å². The smallest absolute Gasteiger partial charge is 0.326 e. The number of benzene rings is 2. The van der Waals surface area contributed by atoms with Gasteiger partial charge in [-0.25, -0.2) is 9.78 Å². The van der Waals surface area contributed by atoms with Gasteiger partial charge < -0.3 is 95.7 Å². The number of hydrogen-bond donors (Lipinski definition) is 17. The van der Waals surface area contributed by atoms with Crippen molar-refractivity contribution in [1.29, 1.82) is 0 Å². The van der Waals surface area contributed by atoms with Gasteiger partial charge >= 0.3 is 5.97 Å². The Labute approximate surface area is 506 Å². The van der Waals surface area contributed by atoms with Crippen LogP contribution in [0, 0.1) is 5.92 Å². The number of aliphatic carboxylic acids is 1. The van der Waals surface area contributed by atoms with E-state index in [1.54, 1.807) is 74.6 Å². The van der Waals surface area contributed by atoms with Gasteiger partial charge in [-0.3, -0.25) is 52.9 Å². The Morgan fingerprint density at radius 3 is 2.02 bits per heavy atom. The van der Waals surface area contributed by atoms with E-state index in [0.29, 0.717) is 40.6 Å². The minimum absolute atomic E-state index is 0.0222. The van der Waals surface area contributed by atoms with Crippen molar-refractivity contribution in [2.24, 2.45) is 33.8 Å². The molecule has 0 spiro atoms. The standard InChI is InChI=1S/C57H81N17O14/c1-4-30(2)46(55(86)74-21-11-17-43(74)53(84)67-38(16-10-20-63-57(60)61)50(81)73-47(31(3)76)54(85)70-41(56(87)88)22-32-12-6-5-7-13-32)72-45(78)27-65-49(80)39(23-33-25-64-37-15-9-8-14-35(33)37)69-52(83)42(28-75)71-51(82)40(24-34-26-62-29-66-34)68-48(79)36(58)18-19-44(59)77/h5-9,12-15,25-26,29-31,36,38-43,46-47,64,75-76H,4,10-11,16-24,27-28,58H2,1-3H3,(H2,59,77)(H,62,66)(H,65,80)(H,67,84)(H,68,79)(H,69,83)(H,70,85)(H,71,82)(H,72,78)(H,73,81)(H,87,88)(H4,60,61,63)/t30-,31+,36-,38-,39-,40-,41-,42-,43-,46-,47-/m0/s1. The molecule has 0 unspecified atom stereocenters. The van der Waals surface area contributed by atoms with Gasteiger partial charge in [-0.1, -0.05) is 68.8 Å². The van der Waals surface area contributed by atoms with Gasteiger partial charge in [-0.2, -0.15) is 0 Å². The molecule has 11 atom stereocenters. The summed E-state index contributed by atoms with van der Waals surface area (Å²) in [6.07, 6.45) is 2.82. The third-order valence-electron chi connectivity index (χ3n) is 14.8. The summed E-state index contributed by atoms with van der Waals surface area (Å²) in [5.74, 6) is -10.8. The number of carbonyl (C=O) groups excluding carboxylic acids is 10. The van der Waals surface area contributed by atoms with Crippen LogP contribution in [0.15, 0.2) is 78.3 Å². The summed E-state index contributed by atoms with van der Waals surface area (Å²) >= 11 is 0. The Hall–Kier alpha value is -9.49. The van der Waals surface area contributed by atoms with Crippen LogP contribution in [0.2, 0.25) is 0 Å². The Morgan fingerprint density at radius 1 is 0.727 bits per heavy atom. The molecule has 478 valence electrons. The number of nitrogens with one attached hydrogen (secondary N) is 10. The number of nitrogens with two attached hydrogens (primary N) is 4. The number of H-pyrrole nitrogens is 2. The first-order valence-corrected chi connectivity index (χ1v) is 28.8. The van der Waals surface area contributed by atoms with Crippen molar-refractivity contribution in [3.05, 3.63) is 90.1 Å². The zero-order chi connectivity index (χ0) is 64.6. The molecule has 3 heterocycles. The molecule has 0 saturated carbocycles. The predicted octanol–water partition coefficient (Wildman–Crippen LogP) is -4.43. The van der Waals surface area contributed by atoms with Crippen LogP contribution in [0.1, 0.15) is 82.5 Å². The SMILES string of the molecule is CC[C@H](C)[C@H](NC(=O)CNC(=O)[C@H](Cc1c[nH]c2ccccc12)NC(=O)[C@H](CO)NC(=O)[C@H](Cc1cnc[nH]1)NC(=O)[C@@H](N)CCC(N)=O)C(=O)N1CCC[C@H]1C(=O)N[C@@H](CCCN=C(N)N)C(=O)N[C@H](C(=O)N[C@@H](Cc1ccccc1)C(=O)O)[C@@H](C)O. The number of aliphatic hydroxyl groups is 2. The number of amides is 10. The van der Waals surface area contributed by atoms with E-state index in [0.717, 1.165) is 0 Å². The van der Waals surface area contributed by atoms with Crippen LogP contribution in [-0.4, -0.2) is 193 Å². The molecule has 31 heteroatoms. The topological polar surface area (TPSA) is 509 Å². The molecule has 1 aliphatic rings. The van der Waals surface area contributed by atoms with E-state index in [9.17, 15) is 68.1 Å². The Morgan fingerprint density at radius 2 is 1.38 bits per heavy atom. The molecule has 0 bridgehead atoms. The number of imidazole rings is 1. The van der Waals surface area contributed by atoms with Crippen LogP contribution < -0.4 is 65.5 Å². The van der Waals surface area contributed by atoms with Crippen molar-refractivity contribution in [1.82, 2.24) is 62.4 Å². The minimum Gasteiger partial charge on any atom is -0.480 e. The average Bonchev–Trinajstić information content (AvgIpc) is 3.92. The van der Waals surface area contributed by atoms with Crippen molar-refractivity contribution in [3.63, 3.8) is 0 Å². The lowest BCUT2D eigenvalue weighted by Gasteiger charge is -2.32. The second-order valence-electron chi connectivity index (χ2n) is 21.5. The van der Waals surface area contributed by atoms with Crippen LogP contribution in [0.3, 0.4) is 0 Å². The maximum absolute atomic E-state index is 14.6. The maximum Gasteiger partial charge on any atom is 0.326 e. The summed E-state index contributed by atoms with van der Waals surface area (Å²) in [6, 6.07) is 2.78. The fourth-order valence-corrected chi connectivity index (χ4v) is 9.69. The summed E-state index contributed by atoms with van der Waals surface area (Å²) in [6.45, 7) is 3.04. The first-order valence-electron chi connectivity index (χ1n) is 28.8.